The normalized spacial score (nSPS) is 17.5. The van der Waals surface area contributed by atoms with Crippen LogP contribution >= 0.6 is 0 Å². The molecule has 5 rings (SSSR count). The molecule has 36 heavy (non-hydrogen) atoms. The highest BCUT2D eigenvalue weighted by atomic mass is 19.1. The van der Waals surface area contributed by atoms with Gasteiger partial charge in [-0.15, -0.1) is 0 Å². The van der Waals surface area contributed by atoms with Gasteiger partial charge in [0.05, 0.1) is 47.0 Å². The second kappa shape index (κ2) is 9.05. The first kappa shape index (κ1) is 23.4. The Kier molecular flexibility index (Phi) is 5.89. The predicted molar refractivity (Wildman–Crippen MR) is 130 cm³/mol. The number of imidazole rings is 1. The van der Waals surface area contributed by atoms with Gasteiger partial charge in [-0.1, -0.05) is 12.5 Å². The van der Waals surface area contributed by atoms with E-state index in [2.05, 4.69) is 33.5 Å². The molecule has 2 atom stereocenters. The average Bonchev–Trinajstić information content (AvgIpc) is 3.55. The molecule has 184 valence electrons. The van der Waals surface area contributed by atoms with Crippen molar-refractivity contribution in [3.63, 3.8) is 0 Å². The number of halogens is 2. The van der Waals surface area contributed by atoms with Gasteiger partial charge in [-0.25, -0.2) is 18.7 Å². The van der Waals surface area contributed by atoms with Gasteiger partial charge in [-0.3, -0.25) is 9.48 Å². The van der Waals surface area contributed by atoms with Gasteiger partial charge in [-0.2, -0.15) is 5.10 Å². The summed E-state index contributed by atoms with van der Waals surface area (Å²) >= 11 is 0. The number of pyridine rings is 1. The van der Waals surface area contributed by atoms with Crippen LogP contribution in [0.25, 0.3) is 21.9 Å². The van der Waals surface area contributed by atoms with E-state index in [9.17, 15) is 9.18 Å². The van der Waals surface area contributed by atoms with Crippen molar-refractivity contribution in [3.05, 3.63) is 60.2 Å². The number of amides is 1. The number of likely N-dealkylation sites (tertiary alicyclic amines) is 1. The highest BCUT2D eigenvalue weighted by Gasteiger charge is 2.36. The molecule has 1 amide bonds. The third-order valence-electron chi connectivity index (χ3n) is 6.42. The average molecular weight is 492 g/mol. The highest BCUT2D eigenvalue weighted by Crippen LogP contribution is 2.33. The van der Waals surface area contributed by atoms with Gasteiger partial charge >= 0.3 is 0 Å². The molecule has 1 fully saturated rings. The molecule has 4 aromatic rings. The number of aryl methyl sites for hydroxylation is 1. The van der Waals surface area contributed by atoms with E-state index in [1.54, 1.807) is 36.0 Å². The van der Waals surface area contributed by atoms with Gasteiger partial charge in [-0.05, 0) is 24.5 Å². The predicted octanol–water partition coefficient (Wildman–Crippen LogP) is 2.55. The number of anilines is 1. The van der Waals surface area contributed by atoms with Crippen LogP contribution in [0.5, 0.6) is 0 Å². The maximum atomic E-state index is 15.0. The quantitative estimate of drug-likeness (QED) is 0.348. The lowest BCUT2D eigenvalue weighted by atomic mass is 10.1. The van der Waals surface area contributed by atoms with E-state index in [0.717, 1.165) is 0 Å². The monoisotopic (exact) mass is 491 g/mol. The fourth-order valence-corrected chi connectivity index (χ4v) is 4.72. The molecule has 0 radical (unpaired) electrons. The van der Waals surface area contributed by atoms with Crippen LogP contribution in [0.2, 0.25) is 0 Å². The molecule has 0 bridgehead atoms. The molecule has 4 heterocycles. The summed E-state index contributed by atoms with van der Waals surface area (Å²) in [4.78, 5) is 22.2. The number of nitrogen functional groups attached to an aromatic ring is 1. The Morgan fingerprint density at radius 2 is 2.14 bits per heavy atom. The van der Waals surface area contributed by atoms with Crippen LogP contribution in [-0.4, -0.2) is 61.4 Å². The zero-order chi connectivity index (χ0) is 25.6. The molecule has 11 heteroatoms. The number of benzene rings is 1. The van der Waals surface area contributed by atoms with Crippen LogP contribution in [0.3, 0.4) is 0 Å². The minimum Gasteiger partial charge on any atom is -0.383 e. The van der Waals surface area contributed by atoms with Crippen molar-refractivity contribution >= 4 is 33.7 Å². The molecule has 0 aliphatic carbocycles. The first-order chi connectivity index (χ1) is 17.3. The van der Waals surface area contributed by atoms with Crippen LogP contribution in [0.15, 0.2) is 37.3 Å². The highest BCUT2D eigenvalue weighted by molar-refractivity contribution is 5.93. The number of nitrogens with two attached hydrogens (primary N) is 1. The molecular formula is C25H23F2N7O2. The van der Waals surface area contributed by atoms with Gasteiger partial charge in [0, 0.05) is 33.0 Å². The summed E-state index contributed by atoms with van der Waals surface area (Å²) in [6.07, 6.45) is 4.81. The van der Waals surface area contributed by atoms with Crippen LogP contribution in [0.1, 0.15) is 23.7 Å². The molecule has 9 nitrogen and oxygen atoms in total. The number of hydrogen-bond acceptors (Lipinski definition) is 6. The summed E-state index contributed by atoms with van der Waals surface area (Å²) in [6, 6.07) is 2.58. The molecule has 0 spiro atoms. The fourth-order valence-electron chi connectivity index (χ4n) is 4.72. The van der Waals surface area contributed by atoms with Crippen molar-refractivity contribution in [1.29, 1.82) is 0 Å². The Balaban J connectivity index is 1.59. The second-order valence-electron chi connectivity index (χ2n) is 8.60. The molecule has 1 saturated heterocycles. The summed E-state index contributed by atoms with van der Waals surface area (Å²) in [7, 11) is 3.23. The molecule has 0 unspecified atom stereocenters. The van der Waals surface area contributed by atoms with Gasteiger partial charge in [0.25, 0.3) is 0 Å². The van der Waals surface area contributed by atoms with Crippen molar-refractivity contribution in [3.8, 4) is 11.8 Å². The van der Waals surface area contributed by atoms with E-state index in [4.69, 9.17) is 10.5 Å². The lowest BCUT2D eigenvalue weighted by Gasteiger charge is -2.22. The number of aromatic nitrogens is 5. The van der Waals surface area contributed by atoms with E-state index < -0.39 is 17.2 Å². The van der Waals surface area contributed by atoms with Gasteiger partial charge in [0.15, 0.2) is 5.82 Å². The Morgan fingerprint density at radius 3 is 2.89 bits per heavy atom. The topological polar surface area (TPSA) is 104 Å². The van der Waals surface area contributed by atoms with Crippen molar-refractivity contribution in [2.24, 2.45) is 7.05 Å². The molecule has 1 aromatic carbocycles. The minimum absolute atomic E-state index is 0.0295. The number of ether oxygens (including phenoxy) is 1. The Hall–Kier alpha value is -4.30. The Labute approximate surface area is 205 Å². The zero-order valence-corrected chi connectivity index (χ0v) is 19.7. The molecule has 3 aromatic heterocycles. The summed E-state index contributed by atoms with van der Waals surface area (Å²) < 4.78 is 38.3. The minimum atomic E-state index is -0.843. The number of carbonyl (C=O) groups is 1. The van der Waals surface area contributed by atoms with E-state index in [1.807, 2.05) is 0 Å². The van der Waals surface area contributed by atoms with Crippen molar-refractivity contribution in [2.75, 3.05) is 26.0 Å². The van der Waals surface area contributed by atoms with Crippen molar-refractivity contribution in [2.45, 2.75) is 18.5 Å². The third kappa shape index (κ3) is 3.76. The van der Waals surface area contributed by atoms with Crippen molar-refractivity contribution < 1.29 is 18.3 Å². The number of carbonyl (C=O) groups excluding carboxylic acids is 1. The number of methoxy groups -OCH3 is 1. The second-order valence-corrected chi connectivity index (χ2v) is 8.60. The number of rotatable bonds is 4. The summed E-state index contributed by atoms with van der Waals surface area (Å²) in [5.41, 5.74) is 6.99. The van der Waals surface area contributed by atoms with Gasteiger partial charge < -0.3 is 19.9 Å². The van der Waals surface area contributed by atoms with Crippen LogP contribution in [-0.2, 0) is 16.6 Å². The Bertz CT molecular complexity index is 1580. The molecule has 2 N–H and O–H groups in total. The smallest absolute Gasteiger partial charge is 0.246 e. The number of nitrogens with zero attached hydrogens (tertiary/aromatic N) is 6. The van der Waals surface area contributed by atoms with E-state index in [-0.39, 0.29) is 35.0 Å². The fraction of sp³-hybridized carbons (Fsp3) is 0.280. The summed E-state index contributed by atoms with van der Waals surface area (Å²) in [6.45, 7) is 4.33. The Morgan fingerprint density at radius 1 is 1.33 bits per heavy atom. The molecule has 0 saturated carbocycles. The number of fused-ring (bicyclic) bond motifs is 2. The summed E-state index contributed by atoms with van der Waals surface area (Å²) in [5, 5.41) is 5.11. The first-order valence-corrected chi connectivity index (χ1v) is 11.2. The van der Waals surface area contributed by atoms with E-state index in [1.165, 1.54) is 23.0 Å². The zero-order valence-electron chi connectivity index (χ0n) is 19.7. The van der Waals surface area contributed by atoms with Crippen LogP contribution < -0.4 is 5.73 Å². The van der Waals surface area contributed by atoms with E-state index in [0.29, 0.717) is 36.0 Å². The standard InChI is InChI=1S/C25H23F2N7O2/c1-4-21(35)33-11-14(9-15(33)12-36-3)34-19-7-8-29-25(28)22(19)18(31-34)6-5-16-17(26)10-20-24(23(16)27)30-13-32(20)2/h4,7-8,10,13-15H,1,9,11-12H2,2-3H3,(H2,28,29)/t14-,15+/m0/s1. The first-order valence-electron chi connectivity index (χ1n) is 11.2. The maximum Gasteiger partial charge on any atom is 0.246 e. The molecule has 1 aliphatic rings. The summed E-state index contributed by atoms with van der Waals surface area (Å²) in [5.74, 6) is 3.71. The van der Waals surface area contributed by atoms with E-state index >= 15 is 4.39 Å². The van der Waals surface area contributed by atoms with Gasteiger partial charge in [0.2, 0.25) is 5.91 Å². The van der Waals surface area contributed by atoms with Crippen molar-refractivity contribution in [1.82, 2.24) is 29.2 Å². The lowest BCUT2D eigenvalue weighted by Crippen LogP contribution is -2.37. The SMILES string of the molecule is C=CC(=O)N1C[C@@H](n2nc(C#Cc3c(F)cc4c(ncn4C)c3F)c3c(N)nccc32)C[C@@H]1COC. The molecular weight excluding hydrogens is 468 g/mol. The molecule has 1 aliphatic heterocycles. The third-order valence-corrected chi connectivity index (χ3v) is 6.42. The largest absolute Gasteiger partial charge is 0.383 e. The number of hydrogen-bond donors (Lipinski definition) is 1. The maximum absolute atomic E-state index is 15.0. The van der Waals surface area contributed by atoms with Crippen LogP contribution in [0.4, 0.5) is 14.6 Å². The van der Waals surface area contributed by atoms with Gasteiger partial charge in [0.1, 0.15) is 22.8 Å². The lowest BCUT2D eigenvalue weighted by molar-refractivity contribution is -0.127. The van der Waals surface area contributed by atoms with Crippen LogP contribution in [0, 0.1) is 23.5 Å².